The minimum Gasteiger partial charge on any atom is -0.459 e. The van der Waals surface area contributed by atoms with E-state index in [1.54, 1.807) is 54.6 Å². The first-order valence-electron chi connectivity index (χ1n) is 8.68. The molecule has 8 nitrogen and oxygen atoms in total. The summed E-state index contributed by atoms with van der Waals surface area (Å²) in [5, 5.41) is 9.24. The summed E-state index contributed by atoms with van der Waals surface area (Å²) < 4.78 is 5.05. The van der Waals surface area contributed by atoms with E-state index in [1.165, 1.54) is 25.5 Å². The van der Waals surface area contributed by atoms with Crippen LogP contribution in [0.25, 0.3) is 0 Å². The standard InChI is InChI=1S/C21H18N4O4/c1-14(26)23-16-10-8-15(9-11-16)13-22-25-20(27)17-5-2-3-6-18(17)24-21(28)19-7-4-12-29-19/h2-13H,1H3,(H,23,26)(H,24,28)(H,25,27)/b22-13-. The van der Waals surface area contributed by atoms with Gasteiger partial charge < -0.3 is 15.1 Å². The number of furan rings is 1. The molecule has 0 bridgehead atoms. The van der Waals surface area contributed by atoms with E-state index >= 15 is 0 Å². The van der Waals surface area contributed by atoms with Crippen molar-refractivity contribution in [2.24, 2.45) is 5.10 Å². The molecule has 2 aromatic carbocycles. The number of rotatable bonds is 6. The lowest BCUT2D eigenvalue weighted by atomic mass is 10.1. The van der Waals surface area contributed by atoms with Crippen molar-refractivity contribution in [2.45, 2.75) is 6.92 Å². The van der Waals surface area contributed by atoms with Crippen LogP contribution in [0.4, 0.5) is 11.4 Å². The summed E-state index contributed by atoms with van der Waals surface area (Å²) in [6, 6.07) is 16.6. The van der Waals surface area contributed by atoms with Gasteiger partial charge in [-0.15, -0.1) is 0 Å². The van der Waals surface area contributed by atoms with Gasteiger partial charge in [0.25, 0.3) is 11.8 Å². The second kappa shape index (κ2) is 9.14. The van der Waals surface area contributed by atoms with Crippen LogP contribution in [0.5, 0.6) is 0 Å². The summed E-state index contributed by atoms with van der Waals surface area (Å²) in [5.74, 6) is -0.957. The summed E-state index contributed by atoms with van der Waals surface area (Å²) in [7, 11) is 0. The fourth-order valence-electron chi connectivity index (χ4n) is 2.46. The lowest BCUT2D eigenvalue weighted by molar-refractivity contribution is -0.114. The van der Waals surface area contributed by atoms with Crippen LogP contribution in [0.3, 0.4) is 0 Å². The van der Waals surface area contributed by atoms with E-state index in [-0.39, 0.29) is 17.2 Å². The maximum absolute atomic E-state index is 12.5. The van der Waals surface area contributed by atoms with E-state index in [9.17, 15) is 14.4 Å². The average molecular weight is 390 g/mol. The lowest BCUT2D eigenvalue weighted by Crippen LogP contribution is -2.21. The number of benzene rings is 2. The Bertz CT molecular complexity index is 1040. The van der Waals surface area contributed by atoms with Crippen molar-refractivity contribution in [3.8, 4) is 0 Å². The van der Waals surface area contributed by atoms with Crippen molar-refractivity contribution in [1.82, 2.24) is 5.43 Å². The number of carbonyl (C=O) groups is 3. The molecule has 0 spiro atoms. The normalized spacial score (nSPS) is 10.5. The monoisotopic (exact) mass is 390 g/mol. The van der Waals surface area contributed by atoms with Crippen molar-refractivity contribution in [3.63, 3.8) is 0 Å². The Balaban J connectivity index is 1.64. The fraction of sp³-hybridized carbons (Fsp3) is 0.0476. The van der Waals surface area contributed by atoms with Gasteiger partial charge in [-0.2, -0.15) is 5.10 Å². The number of amides is 3. The van der Waals surface area contributed by atoms with Crippen LogP contribution < -0.4 is 16.1 Å². The minimum atomic E-state index is -0.480. The van der Waals surface area contributed by atoms with Crippen LogP contribution in [0.15, 0.2) is 76.4 Å². The van der Waals surface area contributed by atoms with Gasteiger partial charge in [0.05, 0.1) is 23.7 Å². The van der Waals surface area contributed by atoms with Gasteiger partial charge in [0, 0.05) is 12.6 Å². The van der Waals surface area contributed by atoms with E-state index in [1.807, 2.05) is 0 Å². The van der Waals surface area contributed by atoms with Gasteiger partial charge in [0.2, 0.25) is 5.91 Å². The molecule has 0 fully saturated rings. The fourth-order valence-corrected chi connectivity index (χ4v) is 2.46. The Morgan fingerprint density at radius 3 is 2.34 bits per heavy atom. The molecule has 1 aromatic heterocycles. The number of carbonyl (C=O) groups excluding carboxylic acids is 3. The van der Waals surface area contributed by atoms with Crippen LogP contribution >= 0.6 is 0 Å². The van der Waals surface area contributed by atoms with Crippen molar-refractivity contribution in [3.05, 3.63) is 83.8 Å². The highest BCUT2D eigenvalue weighted by Gasteiger charge is 2.15. The van der Waals surface area contributed by atoms with Crippen LogP contribution in [-0.4, -0.2) is 23.9 Å². The van der Waals surface area contributed by atoms with Crippen LogP contribution in [-0.2, 0) is 4.79 Å². The molecule has 3 N–H and O–H groups in total. The number of nitrogens with zero attached hydrogens (tertiary/aromatic N) is 1. The van der Waals surface area contributed by atoms with E-state index in [0.29, 0.717) is 11.4 Å². The molecular formula is C21H18N4O4. The SMILES string of the molecule is CC(=O)Nc1ccc(/C=N\NC(=O)c2ccccc2NC(=O)c2ccco2)cc1. The zero-order chi connectivity index (χ0) is 20.6. The molecule has 0 atom stereocenters. The second-order valence-electron chi connectivity index (χ2n) is 5.98. The molecule has 0 radical (unpaired) electrons. The highest BCUT2D eigenvalue weighted by molar-refractivity contribution is 6.08. The number of hydrazone groups is 1. The number of hydrogen-bond donors (Lipinski definition) is 3. The van der Waals surface area contributed by atoms with Crippen molar-refractivity contribution >= 4 is 35.3 Å². The molecule has 3 rings (SSSR count). The van der Waals surface area contributed by atoms with Crippen molar-refractivity contribution in [1.29, 1.82) is 0 Å². The summed E-state index contributed by atoms with van der Waals surface area (Å²) in [4.78, 5) is 35.6. The summed E-state index contributed by atoms with van der Waals surface area (Å²) in [6.45, 7) is 1.43. The first kappa shape index (κ1) is 19.6. The first-order chi connectivity index (χ1) is 14.0. The van der Waals surface area contributed by atoms with Gasteiger partial charge in [0.1, 0.15) is 0 Å². The van der Waals surface area contributed by atoms with Crippen LogP contribution in [0.2, 0.25) is 0 Å². The van der Waals surface area contributed by atoms with E-state index in [4.69, 9.17) is 4.42 Å². The van der Waals surface area contributed by atoms with Gasteiger partial charge in [-0.05, 0) is 42.0 Å². The lowest BCUT2D eigenvalue weighted by Gasteiger charge is -2.08. The zero-order valence-electron chi connectivity index (χ0n) is 15.5. The predicted octanol–water partition coefficient (Wildman–Crippen LogP) is 3.25. The minimum absolute atomic E-state index is 0.140. The molecule has 8 heteroatoms. The van der Waals surface area contributed by atoms with Crippen LogP contribution in [0.1, 0.15) is 33.4 Å². The highest BCUT2D eigenvalue weighted by Crippen LogP contribution is 2.16. The largest absolute Gasteiger partial charge is 0.459 e. The molecule has 3 aromatic rings. The van der Waals surface area contributed by atoms with Gasteiger partial charge in [-0.1, -0.05) is 24.3 Å². The van der Waals surface area contributed by atoms with Gasteiger partial charge in [0.15, 0.2) is 5.76 Å². The molecule has 0 aliphatic heterocycles. The quantitative estimate of drug-likeness (QED) is 0.443. The Labute approximate surface area is 166 Å². The summed E-state index contributed by atoms with van der Waals surface area (Å²) >= 11 is 0. The van der Waals surface area contributed by atoms with E-state index in [0.717, 1.165) is 5.56 Å². The molecule has 0 aliphatic rings. The zero-order valence-corrected chi connectivity index (χ0v) is 15.5. The van der Waals surface area contributed by atoms with E-state index in [2.05, 4.69) is 21.2 Å². The molecule has 1 heterocycles. The molecule has 0 saturated carbocycles. The van der Waals surface area contributed by atoms with Gasteiger partial charge in [-0.3, -0.25) is 14.4 Å². The molecule has 0 unspecified atom stereocenters. The van der Waals surface area contributed by atoms with Gasteiger partial charge in [-0.25, -0.2) is 5.43 Å². The smallest absolute Gasteiger partial charge is 0.291 e. The number of anilines is 2. The van der Waals surface area contributed by atoms with Crippen LogP contribution in [0, 0.1) is 0 Å². The Morgan fingerprint density at radius 2 is 1.66 bits per heavy atom. The number of para-hydroxylation sites is 1. The first-order valence-corrected chi connectivity index (χ1v) is 8.68. The Kier molecular flexibility index (Phi) is 6.16. The Morgan fingerprint density at radius 1 is 0.897 bits per heavy atom. The van der Waals surface area contributed by atoms with E-state index < -0.39 is 11.8 Å². The number of nitrogens with one attached hydrogen (secondary N) is 3. The molecular weight excluding hydrogens is 372 g/mol. The Hall–Kier alpha value is -4.20. The maximum atomic E-state index is 12.5. The third-order valence-corrected chi connectivity index (χ3v) is 3.78. The van der Waals surface area contributed by atoms with Gasteiger partial charge >= 0.3 is 0 Å². The third kappa shape index (κ3) is 5.39. The summed E-state index contributed by atoms with van der Waals surface area (Å²) in [5.41, 5.74) is 4.42. The average Bonchev–Trinajstić information content (AvgIpc) is 3.24. The molecule has 146 valence electrons. The topological polar surface area (TPSA) is 113 Å². The molecule has 0 aliphatic carbocycles. The third-order valence-electron chi connectivity index (χ3n) is 3.78. The molecule has 0 saturated heterocycles. The number of hydrogen-bond acceptors (Lipinski definition) is 5. The second-order valence-corrected chi connectivity index (χ2v) is 5.98. The molecule has 29 heavy (non-hydrogen) atoms. The van der Waals surface area contributed by atoms with Crippen molar-refractivity contribution in [2.75, 3.05) is 10.6 Å². The highest BCUT2D eigenvalue weighted by atomic mass is 16.3. The predicted molar refractivity (Wildman–Crippen MR) is 109 cm³/mol. The summed E-state index contributed by atoms with van der Waals surface area (Å²) in [6.07, 6.45) is 2.87. The maximum Gasteiger partial charge on any atom is 0.291 e. The van der Waals surface area contributed by atoms with Crippen molar-refractivity contribution < 1.29 is 18.8 Å². The molecule has 3 amide bonds.